The molecule has 16 aromatic rings. The Morgan fingerprint density at radius 3 is 1.20 bits per heavy atom. The zero-order valence-electron chi connectivity index (χ0n) is 43.6. The molecule has 2 aliphatic rings. The van der Waals surface area contributed by atoms with Gasteiger partial charge in [-0.05, 0) is 96.4 Å². The Labute approximate surface area is 468 Å². The number of hydrogen-bond donors (Lipinski definition) is 0. The van der Waals surface area contributed by atoms with Crippen LogP contribution in [0.1, 0.15) is 27.8 Å². The molecule has 0 saturated carbocycles. The minimum atomic E-state index is -1.12. The number of aromatic nitrogens is 6. The van der Waals surface area contributed by atoms with Crippen molar-refractivity contribution < 1.29 is 4.74 Å². The van der Waals surface area contributed by atoms with Gasteiger partial charge in [0.25, 0.3) is 0 Å². The van der Waals surface area contributed by atoms with Gasteiger partial charge in [0.2, 0.25) is 0 Å². The van der Waals surface area contributed by atoms with Crippen molar-refractivity contribution in [1.29, 1.82) is 5.26 Å². The van der Waals surface area contributed by atoms with Gasteiger partial charge < -0.3 is 23.0 Å². The predicted molar refractivity (Wildman–Crippen MR) is 328 cm³/mol. The van der Waals surface area contributed by atoms with Crippen LogP contribution in [-0.2, 0) is 5.41 Å². The van der Waals surface area contributed by atoms with Gasteiger partial charge in [-0.3, -0.25) is 9.97 Å². The van der Waals surface area contributed by atoms with E-state index in [0.717, 1.165) is 144 Å². The summed E-state index contributed by atoms with van der Waals surface area (Å²) >= 11 is 0. The molecular formula is C73H40N8O. The van der Waals surface area contributed by atoms with Crippen LogP contribution in [0.3, 0.4) is 0 Å². The van der Waals surface area contributed by atoms with Crippen LogP contribution >= 0.6 is 0 Å². The number of rotatable bonds is 4. The van der Waals surface area contributed by atoms with Crippen LogP contribution in [0.4, 0.5) is 5.69 Å². The number of nitriles is 1. The lowest BCUT2D eigenvalue weighted by molar-refractivity contribution is 0.433. The van der Waals surface area contributed by atoms with Gasteiger partial charge in [0, 0.05) is 60.0 Å². The molecule has 1 aliphatic carbocycles. The first kappa shape index (κ1) is 44.5. The molecule has 82 heavy (non-hydrogen) atoms. The SMILES string of the molecule is [C-]#[N+]c1ccc2c(c1)c1ccccc1n2-c1cccc2c1Oc1c(-n3c4ccccc4c4ccccc43)cccc1C21c2cc(-n3c4ccccc4c4ccccc43)cnc2-c2ncc(-n3c4ccccc4c4cc(C#N)ccc43)cc21. The lowest BCUT2D eigenvalue weighted by Crippen LogP contribution is -2.33. The highest BCUT2D eigenvalue weighted by molar-refractivity contribution is 6.13. The molecule has 1 aliphatic heterocycles. The third-order valence-corrected chi connectivity index (χ3v) is 17.5. The Morgan fingerprint density at radius 1 is 0.378 bits per heavy atom. The summed E-state index contributed by atoms with van der Waals surface area (Å²) in [4.78, 5) is 15.1. The van der Waals surface area contributed by atoms with E-state index in [1.165, 1.54) is 0 Å². The standard InChI is InChI=1S/C73H40N8O/c1-75-44-33-35-66-54(37-44)52-21-7-13-29-64(52)81(66)68-31-15-23-56-72(68)82-71-55(22-14-30-67(71)80-62-27-11-4-18-49(62)50-19-5-12-28-63(50)80)73(56)57-38-45(78-59-24-8-2-16-47(59)48-17-3-9-25-60(48)78)41-76-69(57)70-58(73)39-46(42-77-70)79-61-26-10-6-20-51(61)53-36-43(40-74)32-34-65(53)79/h2-39,41-42H. The highest BCUT2D eigenvalue weighted by Gasteiger charge is 2.54. The fraction of sp³-hybridized carbons (Fsp3) is 0.0137. The Kier molecular flexibility index (Phi) is 8.83. The molecule has 1 unspecified atom stereocenters. The van der Waals surface area contributed by atoms with Crippen molar-refractivity contribution >= 4 is 92.9 Å². The summed E-state index contributed by atoms with van der Waals surface area (Å²) in [6.07, 6.45) is 3.99. The first-order valence-electron chi connectivity index (χ1n) is 27.4. The molecule has 378 valence electrons. The van der Waals surface area contributed by atoms with Gasteiger partial charge in [0.1, 0.15) is 0 Å². The number of benzene rings is 10. The van der Waals surface area contributed by atoms with E-state index < -0.39 is 5.41 Å². The average Bonchev–Trinajstić information content (AvgIpc) is 1.63. The van der Waals surface area contributed by atoms with E-state index in [1.54, 1.807) is 0 Å². The zero-order valence-corrected chi connectivity index (χ0v) is 43.6. The summed E-state index contributed by atoms with van der Waals surface area (Å²) in [7, 11) is 0. The summed E-state index contributed by atoms with van der Waals surface area (Å²) in [6.45, 7) is 8.05. The van der Waals surface area contributed by atoms with Gasteiger partial charge in [-0.25, -0.2) is 4.85 Å². The maximum Gasteiger partial charge on any atom is 0.188 e. The minimum Gasteiger partial charge on any atom is -0.452 e. The van der Waals surface area contributed by atoms with E-state index in [-0.39, 0.29) is 0 Å². The predicted octanol–water partition coefficient (Wildman–Crippen LogP) is 17.8. The van der Waals surface area contributed by atoms with E-state index >= 15 is 0 Å². The van der Waals surface area contributed by atoms with Gasteiger partial charge in [-0.1, -0.05) is 140 Å². The monoisotopic (exact) mass is 1040 g/mol. The molecule has 9 nitrogen and oxygen atoms in total. The number of hydrogen-bond acceptors (Lipinski definition) is 4. The van der Waals surface area contributed by atoms with Gasteiger partial charge in [0.05, 0.1) is 114 Å². The third-order valence-electron chi connectivity index (χ3n) is 17.5. The van der Waals surface area contributed by atoms with Gasteiger partial charge in [0.15, 0.2) is 17.2 Å². The van der Waals surface area contributed by atoms with Crippen LogP contribution < -0.4 is 4.74 Å². The van der Waals surface area contributed by atoms with Crippen molar-refractivity contribution in [3.8, 4) is 51.7 Å². The Bertz CT molecular complexity index is 5520. The Hall–Kier alpha value is -11.5. The quantitative estimate of drug-likeness (QED) is 0.164. The Balaban J connectivity index is 1.02. The molecule has 0 N–H and O–H groups in total. The van der Waals surface area contributed by atoms with E-state index in [9.17, 15) is 5.26 Å². The number of fused-ring (bicyclic) bond motifs is 21. The summed E-state index contributed by atoms with van der Waals surface area (Å²) < 4.78 is 17.2. The van der Waals surface area contributed by atoms with Crippen molar-refractivity contribution in [1.82, 2.24) is 28.2 Å². The largest absolute Gasteiger partial charge is 0.452 e. The molecule has 7 heterocycles. The second kappa shape index (κ2) is 16.3. The number of ether oxygens (including phenoxy) is 1. The average molecular weight is 1050 g/mol. The smallest absolute Gasteiger partial charge is 0.188 e. The molecule has 0 saturated heterocycles. The topological polar surface area (TPSA) is 82.9 Å². The fourth-order valence-corrected chi connectivity index (χ4v) is 14.3. The van der Waals surface area contributed by atoms with E-state index in [1.807, 2.05) is 36.7 Å². The first-order valence-corrected chi connectivity index (χ1v) is 27.4. The summed E-state index contributed by atoms with van der Waals surface area (Å²) in [5.74, 6) is 1.39. The van der Waals surface area contributed by atoms with Crippen molar-refractivity contribution in [3.05, 3.63) is 282 Å². The molecule has 10 aromatic carbocycles. The number of para-hydroxylation sites is 8. The molecule has 0 radical (unpaired) electrons. The second-order valence-corrected chi connectivity index (χ2v) is 21.4. The second-order valence-electron chi connectivity index (χ2n) is 21.4. The summed E-state index contributed by atoms with van der Waals surface area (Å²) in [5.41, 5.74) is 17.1. The highest BCUT2D eigenvalue weighted by Crippen LogP contribution is 2.64. The molecule has 0 fully saturated rings. The van der Waals surface area contributed by atoms with E-state index in [0.29, 0.717) is 22.7 Å². The third kappa shape index (κ3) is 5.67. The van der Waals surface area contributed by atoms with E-state index in [4.69, 9.17) is 21.3 Å². The fourth-order valence-electron chi connectivity index (χ4n) is 14.3. The first-order chi connectivity index (χ1) is 40.6. The van der Waals surface area contributed by atoms with Crippen LogP contribution in [0.25, 0.3) is 126 Å². The van der Waals surface area contributed by atoms with E-state index in [2.05, 4.69) is 235 Å². The molecule has 0 amide bonds. The van der Waals surface area contributed by atoms with Gasteiger partial charge in [-0.2, -0.15) is 5.26 Å². The maximum absolute atomic E-state index is 10.2. The lowest BCUT2D eigenvalue weighted by atomic mass is 9.66. The number of nitrogens with zero attached hydrogens (tertiary/aromatic N) is 8. The van der Waals surface area contributed by atoms with Crippen LogP contribution in [0, 0.1) is 17.9 Å². The summed E-state index contributed by atoms with van der Waals surface area (Å²) in [5, 5.41) is 18.8. The van der Waals surface area contributed by atoms with Gasteiger partial charge >= 0.3 is 0 Å². The molecule has 18 rings (SSSR count). The van der Waals surface area contributed by atoms with Crippen LogP contribution in [0.5, 0.6) is 11.5 Å². The molecule has 9 heteroatoms. The maximum atomic E-state index is 10.2. The normalized spacial score (nSPS) is 14.2. The Morgan fingerprint density at radius 2 is 0.756 bits per heavy atom. The van der Waals surface area contributed by atoms with Crippen LogP contribution in [0.2, 0.25) is 0 Å². The van der Waals surface area contributed by atoms with Gasteiger partial charge in [-0.15, -0.1) is 0 Å². The molecular weight excluding hydrogens is 1000 g/mol. The van der Waals surface area contributed by atoms with Crippen molar-refractivity contribution in [2.24, 2.45) is 0 Å². The minimum absolute atomic E-state index is 0.577. The lowest BCUT2D eigenvalue weighted by Gasteiger charge is -2.40. The van der Waals surface area contributed by atoms with Crippen LogP contribution in [0.15, 0.2) is 243 Å². The van der Waals surface area contributed by atoms with Crippen molar-refractivity contribution in [3.63, 3.8) is 0 Å². The molecule has 1 atom stereocenters. The molecule has 1 spiro atoms. The molecule has 6 aromatic heterocycles. The summed E-state index contributed by atoms with van der Waals surface area (Å²) in [6, 6.07) is 83.5. The highest BCUT2D eigenvalue weighted by atomic mass is 16.5. The van der Waals surface area contributed by atoms with Crippen LogP contribution in [-0.4, -0.2) is 28.2 Å². The number of pyridine rings is 2. The zero-order chi connectivity index (χ0) is 53.9. The van der Waals surface area contributed by atoms with Crippen molar-refractivity contribution in [2.75, 3.05) is 0 Å². The van der Waals surface area contributed by atoms with Crippen molar-refractivity contribution in [2.45, 2.75) is 5.41 Å². The molecule has 0 bridgehead atoms.